The fourth-order valence-corrected chi connectivity index (χ4v) is 1.85. The van der Waals surface area contributed by atoms with Gasteiger partial charge in [-0.25, -0.2) is 9.97 Å². The maximum absolute atomic E-state index is 11.6. The number of rotatable bonds is 5. The Morgan fingerprint density at radius 3 is 2.78 bits per heavy atom. The van der Waals surface area contributed by atoms with Crippen LogP contribution in [-0.4, -0.2) is 33.3 Å². The Hall–Kier alpha value is -2.02. The van der Waals surface area contributed by atoms with Crippen molar-refractivity contribution in [2.45, 2.75) is 6.92 Å². The zero-order chi connectivity index (χ0) is 12.8. The van der Waals surface area contributed by atoms with E-state index in [1.165, 1.54) is 11.5 Å². The molecule has 0 saturated carbocycles. The topological polar surface area (TPSA) is 79.8 Å². The fourth-order valence-electron chi connectivity index (χ4n) is 1.30. The third kappa shape index (κ3) is 3.49. The van der Waals surface area contributed by atoms with Crippen LogP contribution in [0.5, 0.6) is 0 Å². The lowest BCUT2D eigenvalue weighted by Gasteiger charge is -2.04. The van der Waals surface area contributed by atoms with Crippen LogP contribution in [0.15, 0.2) is 24.5 Å². The molecule has 0 aliphatic rings. The second-order valence-corrected chi connectivity index (χ2v) is 4.59. The summed E-state index contributed by atoms with van der Waals surface area (Å²) in [4.78, 5) is 20.7. The number of nitrogens with zero attached hydrogens (tertiary/aromatic N) is 3. The molecule has 0 spiro atoms. The maximum atomic E-state index is 11.6. The summed E-state index contributed by atoms with van der Waals surface area (Å²) in [7, 11) is 0. The normalized spacial score (nSPS) is 10.1. The van der Waals surface area contributed by atoms with Crippen LogP contribution >= 0.6 is 11.5 Å². The number of aryl methyl sites for hydroxylation is 1. The number of hydrogen-bond acceptors (Lipinski definition) is 6. The predicted octanol–water partition coefficient (Wildman–Crippen LogP) is 1.08. The quantitative estimate of drug-likeness (QED) is 0.789. The van der Waals surface area contributed by atoms with Gasteiger partial charge in [-0.15, -0.1) is 0 Å². The first kappa shape index (κ1) is 12.4. The zero-order valence-corrected chi connectivity index (χ0v) is 10.7. The SMILES string of the molecule is Cc1cc(C(=O)NCCNc2ncccn2)ns1. The minimum Gasteiger partial charge on any atom is -0.352 e. The standard InChI is InChI=1S/C11H13N5OS/c1-8-7-9(16-18-8)10(17)12-5-6-15-11-13-3-2-4-14-11/h2-4,7H,5-6H2,1H3,(H,12,17)(H,13,14,15). The molecule has 0 aliphatic carbocycles. The van der Waals surface area contributed by atoms with Gasteiger partial charge in [0.1, 0.15) is 5.69 Å². The predicted molar refractivity (Wildman–Crippen MR) is 69.7 cm³/mol. The van der Waals surface area contributed by atoms with Gasteiger partial charge >= 0.3 is 0 Å². The number of carbonyl (C=O) groups is 1. The van der Waals surface area contributed by atoms with Crippen LogP contribution in [0, 0.1) is 6.92 Å². The molecular weight excluding hydrogens is 250 g/mol. The van der Waals surface area contributed by atoms with Gasteiger partial charge < -0.3 is 10.6 Å². The van der Waals surface area contributed by atoms with Gasteiger partial charge in [0.15, 0.2) is 0 Å². The molecule has 7 heteroatoms. The highest BCUT2D eigenvalue weighted by Gasteiger charge is 2.07. The van der Waals surface area contributed by atoms with E-state index in [9.17, 15) is 4.79 Å². The monoisotopic (exact) mass is 263 g/mol. The third-order valence-corrected chi connectivity index (χ3v) is 2.81. The van der Waals surface area contributed by atoms with Crippen molar-refractivity contribution >= 4 is 23.4 Å². The van der Waals surface area contributed by atoms with Crippen molar-refractivity contribution in [2.24, 2.45) is 0 Å². The molecule has 0 fully saturated rings. The Morgan fingerprint density at radius 2 is 2.11 bits per heavy atom. The van der Waals surface area contributed by atoms with Gasteiger partial charge in [0.25, 0.3) is 5.91 Å². The van der Waals surface area contributed by atoms with Gasteiger partial charge in [-0.3, -0.25) is 4.79 Å². The van der Waals surface area contributed by atoms with Gasteiger partial charge in [-0.05, 0) is 30.6 Å². The van der Waals surface area contributed by atoms with Crippen LogP contribution in [0.3, 0.4) is 0 Å². The van der Waals surface area contributed by atoms with Crippen LogP contribution in [0.25, 0.3) is 0 Å². The second kappa shape index (κ2) is 6.06. The van der Waals surface area contributed by atoms with Gasteiger partial charge in [0, 0.05) is 30.4 Å². The van der Waals surface area contributed by atoms with E-state index in [4.69, 9.17) is 0 Å². The largest absolute Gasteiger partial charge is 0.352 e. The molecule has 0 aliphatic heterocycles. The smallest absolute Gasteiger partial charge is 0.271 e. The summed E-state index contributed by atoms with van der Waals surface area (Å²) in [6.07, 6.45) is 3.32. The maximum Gasteiger partial charge on any atom is 0.271 e. The van der Waals surface area contributed by atoms with Crippen LogP contribution in [0.1, 0.15) is 15.4 Å². The molecule has 0 aromatic carbocycles. The highest BCUT2D eigenvalue weighted by atomic mass is 32.1. The summed E-state index contributed by atoms with van der Waals surface area (Å²) >= 11 is 1.32. The number of anilines is 1. The number of carbonyl (C=O) groups excluding carboxylic acids is 1. The first-order valence-corrected chi connectivity index (χ1v) is 6.25. The molecule has 18 heavy (non-hydrogen) atoms. The van der Waals surface area contributed by atoms with Gasteiger partial charge in [-0.1, -0.05) is 0 Å². The molecule has 2 aromatic rings. The number of aromatic nitrogens is 3. The van der Waals surface area contributed by atoms with E-state index in [2.05, 4.69) is 25.0 Å². The highest BCUT2D eigenvalue weighted by molar-refractivity contribution is 7.05. The molecule has 2 rings (SSSR count). The Labute approximate surface area is 109 Å². The molecule has 0 bridgehead atoms. The van der Waals surface area contributed by atoms with E-state index >= 15 is 0 Å². The van der Waals surface area contributed by atoms with Crippen LogP contribution in [0.4, 0.5) is 5.95 Å². The lowest BCUT2D eigenvalue weighted by Crippen LogP contribution is -2.29. The molecule has 0 radical (unpaired) electrons. The number of hydrogen-bond donors (Lipinski definition) is 2. The zero-order valence-electron chi connectivity index (χ0n) is 9.88. The average molecular weight is 263 g/mol. The van der Waals surface area contributed by atoms with Crippen molar-refractivity contribution in [3.05, 3.63) is 35.1 Å². The molecular formula is C11H13N5OS. The Bertz CT molecular complexity index is 513. The fraction of sp³-hybridized carbons (Fsp3) is 0.273. The van der Waals surface area contributed by atoms with Crippen molar-refractivity contribution in [3.63, 3.8) is 0 Å². The van der Waals surface area contributed by atoms with Gasteiger partial charge in [0.05, 0.1) is 0 Å². The summed E-state index contributed by atoms with van der Waals surface area (Å²) < 4.78 is 4.04. The van der Waals surface area contributed by atoms with Crippen molar-refractivity contribution in [1.29, 1.82) is 0 Å². The Balaban J connectivity index is 1.71. The molecule has 2 N–H and O–H groups in total. The lowest BCUT2D eigenvalue weighted by atomic mass is 10.3. The molecule has 94 valence electrons. The minimum absolute atomic E-state index is 0.157. The summed E-state index contributed by atoms with van der Waals surface area (Å²) in [5.41, 5.74) is 0.466. The van der Waals surface area contributed by atoms with Crippen molar-refractivity contribution in [3.8, 4) is 0 Å². The van der Waals surface area contributed by atoms with Crippen molar-refractivity contribution in [2.75, 3.05) is 18.4 Å². The summed E-state index contributed by atoms with van der Waals surface area (Å²) in [5.74, 6) is 0.395. The Kier molecular flexibility index (Phi) is 4.19. The highest BCUT2D eigenvalue weighted by Crippen LogP contribution is 2.07. The van der Waals surface area contributed by atoms with E-state index < -0.39 is 0 Å². The molecule has 0 unspecified atom stereocenters. The summed E-state index contributed by atoms with van der Waals surface area (Å²) in [6, 6.07) is 3.52. The van der Waals surface area contributed by atoms with Crippen molar-refractivity contribution in [1.82, 2.24) is 19.7 Å². The van der Waals surface area contributed by atoms with E-state index in [0.717, 1.165) is 4.88 Å². The summed E-state index contributed by atoms with van der Waals surface area (Å²) in [6.45, 7) is 2.98. The lowest BCUT2D eigenvalue weighted by molar-refractivity contribution is 0.0951. The van der Waals surface area contributed by atoms with Crippen LogP contribution < -0.4 is 10.6 Å². The van der Waals surface area contributed by atoms with E-state index in [1.54, 1.807) is 24.5 Å². The number of amides is 1. The first-order chi connectivity index (χ1) is 8.75. The van der Waals surface area contributed by atoms with E-state index in [0.29, 0.717) is 24.7 Å². The molecule has 2 heterocycles. The minimum atomic E-state index is -0.157. The number of nitrogens with one attached hydrogen (secondary N) is 2. The summed E-state index contributed by atoms with van der Waals surface area (Å²) in [5, 5.41) is 5.77. The second-order valence-electron chi connectivity index (χ2n) is 3.58. The molecule has 1 amide bonds. The molecule has 6 nitrogen and oxygen atoms in total. The van der Waals surface area contributed by atoms with Crippen LogP contribution in [-0.2, 0) is 0 Å². The van der Waals surface area contributed by atoms with Gasteiger partial charge in [0.2, 0.25) is 5.95 Å². The van der Waals surface area contributed by atoms with Crippen molar-refractivity contribution < 1.29 is 4.79 Å². The van der Waals surface area contributed by atoms with E-state index in [-0.39, 0.29) is 5.91 Å². The Morgan fingerprint density at radius 1 is 1.33 bits per heavy atom. The third-order valence-electron chi connectivity index (χ3n) is 2.12. The van der Waals surface area contributed by atoms with Gasteiger partial charge in [-0.2, -0.15) is 4.37 Å². The first-order valence-electron chi connectivity index (χ1n) is 5.48. The molecule has 0 atom stereocenters. The van der Waals surface area contributed by atoms with E-state index in [1.807, 2.05) is 6.92 Å². The average Bonchev–Trinajstić information content (AvgIpc) is 2.82. The molecule has 2 aromatic heterocycles. The molecule has 0 saturated heterocycles. The van der Waals surface area contributed by atoms with Crippen LogP contribution in [0.2, 0.25) is 0 Å².